The van der Waals surface area contributed by atoms with Crippen LogP contribution in [0.5, 0.6) is 0 Å². The fraction of sp³-hybridized carbons (Fsp3) is 0.818. The molecule has 1 heterocycles. The minimum atomic E-state index is -1.72. The second kappa shape index (κ2) is 6.55. The zero-order valence-electron chi connectivity index (χ0n) is 10.5. The molecule has 1 fully saturated rings. The van der Waals surface area contributed by atoms with Crippen LogP contribution in [0.25, 0.3) is 0 Å². The van der Waals surface area contributed by atoms with E-state index in [9.17, 15) is 19.8 Å². The van der Waals surface area contributed by atoms with E-state index in [1.165, 1.54) is 0 Å². The summed E-state index contributed by atoms with van der Waals surface area (Å²) in [5.74, 6) is -0.928. The summed E-state index contributed by atoms with van der Waals surface area (Å²) in [7, 11) is 0. The normalized spacial score (nSPS) is 26.1. The lowest BCUT2D eigenvalue weighted by molar-refractivity contribution is -0.163. The van der Waals surface area contributed by atoms with Gasteiger partial charge in [0.1, 0.15) is 6.10 Å². The Morgan fingerprint density at radius 3 is 2.72 bits per heavy atom. The quantitative estimate of drug-likeness (QED) is 0.559. The molecule has 0 radical (unpaired) electrons. The van der Waals surface area contributed by atoms with Crippen LogP contribution in [0, 0.1) is 0 Å². The SMILES string of the molecule is CCC[C@H]1NC(=O)O[C@@H]1[C@H](O)[C@@H](O)C(=O)OCC. The van der Waals surface area contributed by atoms with Crippen LogP contribution in [0.3, 0.4) is 0 Å². The first-order valence-electron chi connectivity index (χ1n) is 6.01. The van der Waals surface area contributed by atoms with Gasteiger partial charge < -0.3 is 25.0 Å². The summed E-state index contributed by atoms with van der Waals surface area (Å²) in [4.78, 5) is 22.4. The number of esters is 1. The van der Waals surface area contributed by atoms with E-state index in [1.54, 1.807) is 6.92 Å². The molecule has 3 N–H and O–H groups in total. The van der Waals surface area contributed by atoms with Crippen LogP contribution in [0.15, 0.2) is 0 Å². The molecule has 4 atom stereocenters. The van der Waals surface area contributed by atoms with Crippen LogP contribution in [0.1, 0.15) is 26.7 Å². The first-order valence-corrected chi connectivity index (χ1v) is 6.01. The van der Waals surface area contributed by atoms with Crippen LogP contribution >= 0.6 is 0 Å². The second-order valence-electron chi connectivity index (χ2n) is 4.10. The zero-order chi connectivity index (χ0) is 13.7. The number of alkyl carbamates (subject to hydrolysis) is 1. The van der Waals surface area contributed by atoms with Crippen molar-refractivity contribution in [2.45, 2.75) is 51.0 Å². The maximum absolute atomic E-state index is 11.3. The molecular weight excluding hydrogens is 242 g/mol. The van der Waals surface area contributed by atoms with Gasteiger partial charge in [-0.05, 0) is 13.3 Å². The summed E-state index contributed by atoms with van der Waals surface area (Å²) in [6.45, 7) is 3.60. The molecule has 104 valence electrons. The average Bonchev–Trinajstić information content (AvgIpc) is 2.69. The molecule has 7 heteroatoms. The molecule has 1 aliphatic rings. The third kappa shape index (κ3) is 3.33. The van der Waals surface area contributed by atoms with Gasteiger partial charge in [0.25, 0.3) is 0 Å². The molecule has 18 heavy (non-hydrogen) atoms. The maximum Gasteiger partial charge on any atom is 0.407 e. The summed E-state index contributed by atoms with van der Waals surface area (Å²) in [6.07, 6.45) is -3.47. The number of carbonyl (C=O) groups excluding carboxylic acids is 2. The Balaban J connectivity index is 2.66. The predicted molar refractivity (Wildman–Crippen MR) is 60.7 cm³/mol. The number of cyclic esters (lactones) is 1. The lowest BCUT2D eigenvalue weighted by Gasteiger charge is -2.24. The van der Waals surface area contributed by atoms with Crippen LogP contribution in [0.2, 0.25) is 0 Å². The van der Waals surface area contributed by atoms with Gasteiger partial charge >= 0.3 is 12.1 Å². The van der Waals surface area contributed by atoms with Crippen molar-refractivity contribution in [2.24, 2.45) is 0 Å². The molecule has 0 spiro atoms. The van der Waals surface area contributed by atoms with E-state index in [4.69, 9.17) is 4.74 Å². The van der Waals surface area contributed by atoms with E-state index in [1.807, 2.05) is 6.92 Å². The van der Waals surface area contributed by atoms with E-state index < -0.39 is 36.4 Å². The summed E-state index contributed by atoms with van der Waals surface area (Å²) in [5.41, 5.74) is 0. The topological polar surface area (TPSA) is 105 Å². The number of aliphatic hydroxyl groups is 2. The number of rotatable bonds is 6. The molecule has 1 aliphatic heterocycles. The first kappa shape index (κ1) is 14.7. The minimum Gasteiger partial charge on any atom is -0.464 e. The Bertz CT molecular complexity index is 308. The number of nitrogens with one attached hydrogen (secondary N) is 1. The Morgan fingerprint density at radius 2 is 2.17 bits per heavy atom. The lowest BCUT2D eigenvalue weighted by atomic mass is 9.98. The summed E-state index contributed by atoms with van der Waals surface area (Å²) < 4.78 is 9.47. The van der Waals surface area contributed by atoms with Gasteiger partial charge in [0.05, 0.1) is 12.6 Å². The third-order valence-electron chi connectivity index (χ3n) is 2.73. The lowest BCUT2D eigenvalue weighted by Crippen LogP contribution is -2.48. The van der Waals surface area contributed by atoms with Gasteiger partial charge in [-0.15, -0.1) is 0 Å². The molecule has 1 rings (SSSR count). The van der Waals surface area contributed by atoms with Crippen LogP contribution in [-0.2, 0) is 14.3 Å². The van der Waals surface area contributed by atoms with Crippen LogP contribution in [0.4, 0.5) is 4.79 Å². The zero-order valence-corrected chi connectivity index (χ0v) is 10.5. The van der Waals surface area contributed by atoms with Crippen LogP contribution < -0.4 is 5.32 Å². The summed E-state index contributed by atoms with van der Waals surface area (Å²) in [5, 5.41) is 22.0. The fourth-order valence-corrected chi connectivity index (χ4v) is 1.88. The van der Waals surface area contributed by atoms with Crippen molar-refractivity contribution < 1.29 is 29.3 Å². The molecule has 0 unspecified atom stereocenters. The third-order valence-corrected chi connectivity index (χ3v) is 2.73. The Labute approximate surface area is 105 Å². The smallest absolute Gasteiger partial charge is 0.407 e. The summed E-state index contributed by atoms with van der Waals surface area (Å²) >= 11 is 0. The molecule has 1 amide bonds. The van der Waals surface area contributed by atoms with E-state index in [0.717, 1.165) is 6.42 Å². The average molecular weight is 261 g/mol. The standard InChI is InChI=1S/C11H19NO6/c1-3-5-6-9(18-11(16)12-6)7(13)8(14)10(15)17-4-2/h6-9,13-14H,3-5H2,1-2H3,(H,12,16)/t6-,7-,8-,9+/m1/s1. The van der Waals surface area contributed by atoms with Gasteiger partial charge in [-0.25, -0.2) is 9.59 Å². The van der Waals surface area contributed by atoms with Gasteiger partial charge in [0, 0.05) is 0 Å². The van der Waals surface area contributed by atoms with Gasteiger partial charge in [0.15, 0.2) is 12.2 Å². The number of hydrogen-bond donors (Lipinski definition) is 3. The van der Waals surface area contributed by atoms with Crippen molar-refractivity contribution in [3.63, 3.8) is 0 Å². The molecule has 0 aromatic heterocycles. The monoisotopic (exact) mass is 261 g/mol. The molecule has 0 aromatic carbocycles. The highest BCUT2D eigenvalue weighted by atomic mass is 16.6. The molecule has 0 aromatic rings. The van der Waals surface area contributed by atoms with Crippen molar-refractivity contribution in [1.29, 1.82) is 0 Å². The number of ether oxygens (including phenoxy) is 2. The summed E-state index contributed by atoms with van der Waals surface area (Å²) in [6, 6.07) is -0.415. The van der Waals surface area contributed by atoms with Gasteiger partial charge in [-0.2, -0.15) is 0 Å². The van der Waals surface area contributed by atoms with Gasteiger partial charge in [0.2, 0.25) is 0 Å². The molecule has 0 bridgehead atoms. The minimum absolute atomic E-state index is 0.101. The van der Waals surface area contributed by atoms with E-state index >= 15 is 0 Å². The molecule has 7 nitrogen and oxygen atoms in total. The Kier molecular flexibility index (Phi) is 5.36. The van der Waals surface area contributed by atoms with E-state index in [0.29, 0.717) is 6.42 Å². The molecule has 1 saturated heterocycles. The Morgan fingerprint density at radius 1 is 1.50 bits per heavy atom. The van der Waals surface area contributed by atoms with E-state index in [-0.39, 0.29) is 6.61 Å². The number of hydrogen-bond acceptors (Lipinski definition) is 6. The van der Waals surface area contributed by atoms with Gasteiger partial charge in [-0.3, -0.25) is 0 Å². The maximum atomic E-state index is 11.3. The molecule has 0 aliphatic carbocycles. The first-order chi connectivity index (χ1) is 8.51. The number of amides is 1. The van der Waals surface area contributed by atoms with Crippen molar-refractivity contribution >= 4 is 12.1 Å². The van der Waals surface area contributed by atoms with Crippen molar-refractivity contribution in [3.8, 4) is 0 Å². The van der Waals surface area contributed by atoms with Crippen molar-refractivity contribution in [1.82, 2.24) is 5.32 Å². The van der Waals surface area contributed by atoms with Crippen molar-refractivity contribution in [3.05, 3.63) is 0 Å². The highest BCUT2D eigenvalue weighted by Gasteiger charge is 2.43. The second-order valence-corrected chi connectivity index (χ2v) is 4.10. The van der Waals surface area contributed by atoms with Crippen molar-refractivity contribution in [2.75, 3.05) is 6.61 Å². The fourth-order valence-electron chi connectivity index (χ4n) is 1.88. The highest BCUT2D eigenvalue weighted by molar-refractivity contribution is 5.76. The largest absolute Gasteiger partial charge is 0.464 e. The number of aliphatic hydroxyl groups excluding tert-OH is 2. The van der Waals surface area contributed by atoms with Crippen LogP contribution in [-0.4, -0.2) is 53.2 Å². The molecule has 0 saturated carbocycles. The van der Waals surface area contributed by atoms with Gasteiger partial charge in [-0.1, -0.05) is 13.3 Å². The number of carbonyl (C=O) groups is 2. The predicted octanol–water partition coefficient (Wildman–Crippen LogP) is -0.452. The Hall–Kier alpha value is -1.34. The van der Waals surface area contributed by atoms with E-state index in [2.05, 4.69) is 10.1 Å². The molecular formula is C11H19NO6. The highest BCUT2D eigenvalue weighted by Crippen LogP contribution is 2.19.